The number of benzene rings is 5. The zero-order valence-corrected chi connectivity index (χ0v) is 27.3. The summed E-state index contributed by atoms with van der Waals surface area (Å²) in [4.78, 5) is 80.5. The van der Waals surface area contributed by atoms with Gasteiger partial charge in [-0.2, -0.15) is 0 Å². The number of rotatable bonds is 12. The first kappa shape index (κ1) is 36.0. The lowest BCUT2D eigenvalue weighted by Crippen LogP contribution is -2.60. The van der Waals surface area contributed by atoms with Gasteiger partial charge in [-0.05, 0) is 53.1 Å². The molecule has 13 nitrogen and oxygen atoms in total. The van der Waals surface area contributed by atoms with Gasteiger partial charge in [-0.25, -0.2) is 9.59 Å². The third kappa shape index (κ3) is 8.47. The van der Waals surface area contributed by atoms with Gasteiger partial charge in [0.25, 0.3) is 11.8 Å². The summed E-state index contributed by atoms with van der Waals surface area (Å²) in [5.74, 6) is -3.42. The topological polar surface area (TPSA) is 200 Å². The minimum Gasteiger partial charge on any atom is -0.508 e. The molecule has 0 fully saturated rings. The van der Waals surface area contributed by atoms with Gasteiger partial charge in [-0.3, -0.25) is 29.8 Å². The quantitative estimate of drug-likeness (QED) is 0.0791. The molecule has 52 heavy (non-hydrogen) atoms. The summed E-state index contributed by atoms with van der Waals surface area (Å²) < 4.78 is 5.84. The maximum Gasteiger partial charge on any atom is 0.323 e. The number of phenolic OH excluding ortho intramolecular Hbond substituents is 2. The number of nitrogens with one attached hydrogen (secondary N) is 4. The van der Waals surface area contributed by atoms with E-state index >= 15 is 0 Å². The molecule has 262 valence electrons. The van der Waals surface area contributed by atoms with Crippen LogP contribution in [0.3, 0.4) is 0 Å². The molecule has 0 aromatic heterocycles. The minimum absolute atomic E-state index is 0.00857. The summed E-state index contributed by atoms with van der Waals surface area (Å²) in [5, 5.41) is 28.8. The Bertz CT molecular complexity index is 2090. The van der Waals surface area contributed by atoms with Crippen molar-refractivity contribution in [2.45, 2.75) is 18.2 Å². The van der Waals surface area contributed by atoms with Crippen LogP contribution < -0.4 is 26.0 Å². The summed E-state index contributed by atoms with van der Waals surface area (Å²) in [5.41, 5.74) is -1.90. The molecule has 5 rings (SSSR count). The van der Waals surface area contributed by atoms with Crippen molar-refractivity contribution in [3.63, 3.8) is 0 Å². The van der Waals surface area contributed by atoms with E-state index in [4.69, 9.17) is 4.74 Å². The van der Waals surface area contributed by atoms with Crippen LogP contribution in [-0.2, 0) is 21.7 Å². The van der Waals surface area contributed by atoms with Crippen LogP contribution in [0.25, 0.3) is 0 Å². The summed E-state index contributed by atoms with van der Waals surface area (Å²) in [6.45, 7) is 0.130. The number of hydrogen-bond acceptors (Lipinski definition) is 9. The number of carbonyl (C=O) groups excluding carboxylic acids is 6. The smallest absolute Gasteiger partial charge is 0.323 e. The van der Waals surface area contributed by atoms with Crippen LogP contribution in [0.2, 0.25) is 0 Å². The Morgan fingerprint density at radius 2 is 1.21 bits per heavy atom. The number of amides is 6. The predicted molar refractivity (Wildman–Crippen MR) is 187 cm³/mol. The van der Waals surface area contributed by atoms with E-state index < -0.39 is 47.0 Å². The van der Waals surface area contributed by atoms with Crippen LogP contribution >= 0.6 is 0 Å². The average Bonchev–Trinajstić information content (AvgIpc) is 3.16. The second-order valence-corrected chi connectivity index (χ2v) is 11.3. The van der Waals surface area contributed by atoms with E-state index in [0.29, 0.717) is 0 Å². The van der Waals surface area contributed by atoms with Crippen LogP contribution in [0, 0.1) is 0 Å². The summed E-state index contributed by atoms with van der Waals surface area (Å²) in [6, 6.07) is 29.1. The van der Waals surface area contributed by atoms with E-state index in [1.807, 2.05) is 35.6 Å². The number of aldehydes is 1. The molecular weight excluding hydrogens is 668 g/mol. The highest BCUT2D eigenvalue weighted by atomic mass is 16.5. The highest BCUT2D eigenvalue weighted by molar-refractivity contribution is 6.13. The van der Waals surface area contributed by atoms with Crippen LogP contribution in [0.1, 0.15) is 43.4 Å². The maximum atomic E-state index is 14.6. The molecule has 5 aromatic carbocycles. The predicted octanol–water partition coefficient (Wildman–Crippen LogP) is 4.66. The lowest BCUT2D eigenvalue weighted by molar-refractivity contribution is -0.132. The van der Waals surface area contributed by atoms with Gasteiger partial charge in [-0.1, -0.05) is 97.1 Å². The number of carbonyl (C=O) groups is 6. The number of Topliss-reactive ketones (excluding diaryl/α,β-unsaturated/α-hetero) is 1. The van der Waals surface area contributed by atoms with Crippen molar-refractivity contribution in [1.29, 1.82) is 0 Å². The van der Waals surface area contributed by atoms with Crippen molar-refractivity contribution < 1.29 is 43.7 Å². The number of urea groups is 2. The third-order valence-electron chi connectivity index (χ3n) is 7.84. The van der Waals surface area contributed by atoms with Gasteiger partial charge in [0.1, 0.15) is 29.9 Å². The van der Waals surface area contributed by atoms with Gasteiger partial charge in [0.15, 0.2) is 17.6 Å². The van der Waals surface area contributed by atoms with Crippen LogP contribution in [0.5, 0.6) is 17.2 Å². The molecule has 5 aromatic rings. The largest absolute Gasteiger partial charge is 0.508 e. The highest BCUT2D eigenvalue weighted by Gasteiger charge is 2.46. The van der Waals surface area contributed by atoms with Crippen molar-refractivity contribution in [3.8, 4) is 17.2 Å². The Kier molecular flexibility index (Phi) is 11.4. The Morgan fingerprint density at radius 1 is 0.654 bits per heavy atom. The van der Waals surface area contributed by atoms with Gasteiger partial charge in [0.05, 0.1) is 11.1 Å². The van der Waals surface area contributed by atoms with E-state index in [9.17, 15) is 39.0 Å². The summed E-state index contributed by atoms with van der Waals surface area (Å²) in [6.07, 6.45) is 0.159. The SMILES string of the molecule is O=CC(NC(=O)NC(=O)c1ccccc1OCc1ccccc1)(C(=O)C(NC(=O)NC(=O)c1ccccc1O)c1ccc(O)cc1)c1ccccc1. The van der Waals surface area contributed by atoms with E-state index in [1.165, 1.54) is 78.9 Å². The van der Waals surface area contributed by atoms with Gasteiger partial charge in [-0.15, -0.1) is 0 Å². The van der Waals surface area contributed by atoms with Crippen molar-refractivity contribution in [1.82, 2.24) is 21.3 Å². The van der Waals surface area contributed by atoms with E-state index in [1.54, 1.807) is 24.3 Å². The van der Waals surface area contributed by atoms with Gasteiger partial charge >= 0.3 is 12.1 Å². The molecule has 0 aliphatic heterocycles. The molecule has 0 aliphatic rings. The Labute approximate surface area is 297 Å². The molecule has 0 spiro atoms. The lowest BCUT2D eigenvalue weighted by Gasteiger charge is -2.32. The lowest BCUT2D eigenvalue weighted by atomic mass is 9.81. The zero-order valence-electron chi connectivity index (χ0n) is 27.3. The molecule has 2 unspecified atom stereocenters. The number of para-hydroxylation sites is 2. The van der Waals surface area contributed by atoms with E-state index in [0.717, 1.165) is 5.56 Å². The number of hydrogen-bond donors (Lipinski definition) is 6. The molecule has 6 amide bonds. The van der Waals surface area contributed by atoms with Gasteiger partial charge in [0, 0.05) is 0 Å². The Balaban J connectivity index is 1.43. The molecule has 0 saturated carbocycles. The second-order valence-electron chi connectivity index (χ2n) is 11.3. The molecule has 13 heteroatoms. The zero-order chi connectivity index (χ0) is 37.1. The molecule has 2 atom stereocenters. The maximum absolute atomic E-state index is 14.6. The molecule has 0 aliphatic carbocycles. The number of imide groups is 2. The van der Waals surface area contributed by atoms with E-state index in [-0.39, 0.29) is 46.6 Å². The van der Waals surface area contributed by atoms with Crippen molar-refractivity contribution in [2.24, 2.45) is 0 Å². The fourth-order valence-corrected chi connectivity index (χ4v) is 5.23. The monoisotopic (exact) mass is 700 g/mol. The highest BCUT2D eigenvalue weighted by Crippen LogP contribution is 2.29. The molecule has 0 heterocycles. The number of phenols is 2. The molecule has 6 N–H and O–H groups in total. The molecular formula is C39H32N4O9. The summed E-state index contributed by atoms with van der Waals surface area (Å²) >= 11 is 0. The van der Waals surface area contributed by atoms with E-state index in [2.05, 4.69) is 16.0 Å². The fraction of sp³-hybridized carbons (Fsp3) is 0.0769. The normalized spacial score (nSPS) is 12.2. The van der Waals surface area contributed by atoms with Crippen molar-refractivity contribution in [3.05, 3.63) is 161 Å². The average molecular weight is 701 g/mol. The van der Waals surface area contributed by atoms with Crippen LogP contribution in [-0.4, -0.2) is 46.2 Å². The first-order chi connectivity index (χ1) is 25.1. The second kappa shape index (κ2) is 16.4. The minimum atomic E-state index is -2.52. The fourth-order valence-electron chi connectivity index (χ4n) is 5.23. The molecule has 0 radical (unpaired) electrons. The standard InChI is InChI=1S/C39H32N4O9/c44-24-39(27-13-5-2-6-14-27,43-38(51)42-36(49)30-16-8-10-18-32(30)52-23-25-11-3-1-4-12-25)34(47)33(26-19-21-28(45)22-20-26)40-37(50)41-35(48)29-15-7-9-17-31(29)46/h1-22,24,33,45-46H,23H2,(H2,40,41,48,50)(H2,42,43,49,51). The van der Waals surface area contributed by atoms with Gasteiger partial charge < -0.3 is 25.6 Å². The number of ether oxygens (including phenoxy) is 1. The first-order valence-electron chi connectivity index (χ1n) is 15.8. The first-order valence-corrected chi connectivity index (χ1v) is 15.8. The Hall–Kier alpha value is -7.28. The summed E-state index contributed by atoms with van der Waals surface area (Å²) in [7, 11) is 0. The van der Waals surface area contributed by atoms with Crippen molar-refractivity contribution in [2.75, 3.05) is 0 Å². The Morgan fingerprint density at radius 3 is 1.87 bits per heavy atom. The number of aromatic hydroxyl groups is 2. The van der Waals surface area contributed by atoms with Gasteiger partial charge in [0.2, 0.25) is 0 Å². The molecule has 0 bridgehead atoms. The number of ketones is 1. The third-order valence-corrected chi connectivity index (χ3v) is 7.84. The molecule has 0 saturated heterocycles. The van der Waals surface area contributed by atoms with Crippen LogP contribution in [0.4, 0.5) is 9.59 Å². The van der Waals surface area contributed by atoms with Crippen molar-refractivity contribution >= 4 is 35.9 Å². The van der Waals surface area contributed by atoms with Crippen LogP contribution in [0.15, 0.2) is 133 Å².